The highest BCUT2D eigenvalue weighted by atomic mass is 79.9. The van der Waals surface area contributed by atoms with E-state index in [2.05, 4.69) is 20.9 Å². The van der Waals surface area contributed by atoms with E-state index in [1.807, 2.05) is 24.4 Å². The van der Waals surface area contributed by atoms with Gasteiger partial charge in [0, 0.05) is 34.2 Å². The fourth-order valence-corrected chi connectivity index (χ4v) is 1.87. The Hall–Kier alpha value is -1.13. The molecule has 0 aliphatic heterocycles. The maximum Gasteiger partial charge on any atom is 0.127 e. The molecule has 2 rings (SSSR count). The Bertz CT molecular complexity index is 473. The summed E-state index contributed by atoms with van der Waals surface area (Å²) < 4.78 is 6.57. The van der Waals surface area contributed by atoms with E-state index in [9.17, 15) is 0 Å². The van der Waals surface area contributed by atoms with Crippen molar-refractivity contribution in [3.8, 4) is 5.75 Å². The second-order valence-electron chi connectivity index (χ2n) is 3.10. The Balaban J connectivity index is 2.51. The van der Waals surface area contributed by atoms with Crippen LogP contribution in [-0.2, 0) is 0 Å². The predicted octanol–water partition coefficient (Wildman–Crippen LogP) is 2.33. The van der Waals surface area contributed by atoms with Crippen LogP contribution in [-0.4, -0.2) is 18.1 Å². The third-order valence-corrected chi connectivity index (χ3v) is 2.79. The first-order valence-corrected chi connectivity index (χ1v) is 5.47. The summed E-state index contributed by atoms with van der Waals surface area (Å²) in [5, 5.41) is 2.10. The van der Waals surface area contributed by atoms with Crippen LogP contribution in [0.5, 0.6) is 5.75 Å². The van der Waals surface area contributed by atoms with E-state index in [-0.39, 0.29) is 0 Å². The maximum atomic E-state index is 5.55. The van der Waals surface area contributed by atoms with Crippen molar-refractivity contribution in [2.75, 3.05) is 13.2 Å². The number of nitrogens with zero attached hydrogens (tertiary/aromatic N) is 1. The van der Waals surface area contributed by atoms with E-state index >= 15 is 0 Å². The number of benzene rings is 1. The van der Waals surface area contributed by atoms with Gasteiger partial charge >= 0.3 is 0 Å². The molecule has 0 fully saturated rings. The highest BCUT2D eigenvalue weighted by Gasteiger charge is 2.04. The van der Waals surface area contributed by atoms with Crippen molar-refractivity contribution in [3.63, 3.8) is 0 Å². The number of hydrogen-bond donors (Lipinski definition) is 1. The van der Waals surface area contributed by atoms with Crippen molar-refractivity contribution >= 4 is 26.7 Å². The second-order valence-corrected chi connectivity index (χ2v) is 3.96. The normalized spacial score (nSPS) is 10.5. The van der Waals surface area contributed by atoms with E-state index in [0.29, 0.717) is 13.2 Å². The standard InChI is InChI=1S/C11H11BrN2O/c12-10-1-2-11(15-6-4-13)8-3-5-14-7-9(8)10/h1-3,5,7H,4,6,13H2. The molecule has 4 heteroatoms. The number of halogens is 1. The molecule has 0 saturated heterocycles. The maximum absolute atomic E-state index is 5.55. The van der Waals surface area contributed by atoms with Crippen molar-refractivity contribution in [1.29, 1.82) is 0 Å². The molecule has 2 aromatic rings. The minimum atomic E-state index is 0.517. The lowest BCUT2D eigenvalue weighted by molar-refractivity contribution is 0.332. The minimum Gasteiger partial charge on any atom is -0.492 e. The molecule has 3 nitrogen and oxygen atoms in total. The smallest absolute Gasteiger partial charge is 0.127 e. The van der Waals surface area contributed by atoms with E-state index in [4.69, 9.17) is 10.5 Å². The van der Waals surface area contributed by atoms with Gasteiger partial charge in [0.1, 0.15) is 12.4 Å². The van der Waals surface area contributed by atoms with Gasteiger partial charge < -0.3 is 10.5 Å². The predicted molar refractivity (Wildman–Crippen MR) is 64.0 cm³/mol. The molecule has 1 aromatic heterocycles. The highest BCUT2D eigenvalue weighted by Crippen LogP contribution is 2.30. The van der Waals surface area contributed by atoms with Gasteiger partial charge in [0.05, 0.1) is 0 Å². The average molecular weight is 267 g/mol. The van der Waals surface area contributed by atoms with Crippen LogP contribution in [0.15, 0.2) is 35.1 Å². The molecular weight excluding hydrogens is 256 g/mol. The molecular formula is C11H11BrN2O. The van der Waals surface area contributed by atoms with Gasteiger partial charge in [0.25, 0.3) is 0 Å². The fraction of sp³-hybridized carbons (Fsp3) is 0.182. The number of nitrogens with two attached hydrogens (primary N) is 1. The third kappa shape index (κ3) is 2.11. The van der Waals surface area contributed by atoms with Gasteiger partial charge in [-0.05, 0) is 18.2 Å². The van der Waals surface area contributed by atoms with Crippen molar-refractivity contribution < 1.29 is 4.74 Å². The summed E-state index contributed by atoms with van der Waals surface area (Å²) >= 11 is 3.48. The topological polar surface area (TPSA) is 48.1 Å². The van der Waals surface area contributed by atoms with Crippen molar-refractivity contribution in [2.24, 2.45) is 5.73 Å². The molecule has 0 amide bonds. The quantitative estimate of drug-likeness (QED) is 0.928. The molecule has 0 radical (unpaired) electrons. The molecule has 78 valence electrons. The summed E-state index contributed by atoms with van der Waals surface area (Å²) in [4.78, 5) is 4.08. The van der Waals surface area contributed by atoms with Gasteiger partial charge in [-0.3, -0.25) is 4.98 Å². The molecule has 0 atom stereocenters. The van der Waals surface area contributed by atoms with Gasteiger partial charge in [0.15, 0.2) is 0 Å². The van der Waals surface area contributed by atoms with Crippen LogP contribution in [0.2, 0.25) is 0 Å². The first-order valence-electron chi connectivity index (χ1n) is 4.68. The number of rotatable bonds is 3. The van der Waals surface area contributed by atoms with Crippen LogP contribution in [0.25, 0.3) is 10.8 Å². The van der Waals surface area contributed by atoms with E-state index in [1.54, 1.807) is 6.20 Å². The van der Waals surface area contributed by atoms with Crippen LogP contribution >= 0.6 is 15.9 Å². The van der Waals surface area contributed by atoms with E-state index < -0.39 is 0 Å². The van der Waals surface area contributed by atoms with Gasteiger partial charge in [-0.2, -0.15) is 0 Å². The average Bonchev–Trinajstić information content (AvgIpc) is 2.29. The van der Waals surface area contributed by atoms with E-state index in [1.165, 1.54) is 0 Å². The largest absolute Gasteiger partial charge is 0.492 e. The van der Waals surface area contributed by atoms with Gasteiger partial charge in [-0.25, -0.2) is 0 Å². The van der Waals surface area contributed by atoms with Gasteiger partial charge in [-0.1, -0.05) is 15.9 Å². The Morgan fingerprint density at radius 2 is 2.13 bits per heavy atom. The molecule has 0 unspecified atom stereocenters. The molecule has 0 saturated carbocycles. The zero-order valence-corrected chi connectivity index (χ0v) is 9.70. The lowest BCUT2D eigenvalue weighted by Crippen LogP contribution is -2.10. The van der Waals surface area contributed by atoms with E-state index in [0.717, 1.165) is 21.0 Å². The van der Waals surface area contributed by atoms with Crippen molar-refractivity contribution in [1.82, 2.24) is 4.98 Å². The molecule has 0 spiro atoms. The Labute approximate surface area is 96.4 Å². The summed E-state index contributed by atoms with van der Waals surface area (Å²) in [6.45, 7) is 1.04. The molecule has 15 heavy (non-hydrogen) atoms. The lowest BCUT2D eigenvalue weighted by Gasteiger charge is -2.08. The molecule has 0 aliphatic rings. The second kappa shape index (κ2) is 4.59. The number of ether oxygens (including phenoxy) is 1. The summed E-state index contributed by atoms with van der Waals surface area (Å²) in [7, 11) is 0. The Morgan fingerprint density at radius 3 is 2.93 bits per heavy atom. The van der Waals surface area contributed by atoms with Crippen LogP contribution in [0.4, 0.5) is 0 Å². The Morgan fingerprint density at radius 1 is 1.27 bits per heavy atom. The zero-order valence-electron chi connectivity index (χ0n) is 8.11. The SMILES string of the molecule is NCCOc1ccc(Br)c2cnccc12. The van der Waals surface area contributed by atoms with Crippen molar-refractivity contribution in [3.05, 3.63) is 35.1 Å². The van der Waals surface area contributed by atoms with Crippen LogP contribution in [0, 0.1) is 0 Å². The summed E-state index contributed by atoms with van der Waals surface area (Å²) in [5.41, 5.74) is 5.40. The third-order valence-electron chi connectivity index (χ3n) is 2.10. The van der Waals surface area contributed by atoms with Crippen LogP contribution < -0.4 is 10.5 Å². The van der Waals surface area contributed by atoms with Crippen LogP contribution in [0.1, 0.15) is 0 Å². The van der Waals surface area contributed by atoms with Gasteiger partial charge in [0.2, 0.25) is 0 Å². The van der Waals surface area contributed by atoms with Crippen LogP contribution in [0.3, 0.4) is 0 Å². The lowest BCUT2D eigenvalue weighted by atomic mass is 10.1. The number of fused-ring (bicyclic) bond motifs is 1. The van der Waals surface area contributed by atoms with Gasteiger partial charge in [-0.15, -0.1) is 0 Å². The first kappa shape index (κ1) is 10.4. The monoisotopic (exact) mass is 266 g/mol. The molecule has 1 heterocycles. The minimum absolute atomic E-state index is 0.517. The Kier molecular flexibility index (Phi) is 3.18. The van der Waals surface area contributed by atoms with Crippen molar-refractivity contribution in [2.45, 2.75) is 0 Å². The summed E-state index contributed by atoms with van der Waals surface area (Å²) in [6, 6.07) is 5.82. The number of aromatic nitrogens is 1. The molecule has 0 aliphatic carbocycles. The number of pyridine rings is 1. The molecule has 0 bridgehead atoms. The fourth-order valence-electron chi connectivity index (χ4n) is 1.42. The first-order chi connectivity index (χ1) is 7.33. The summed E-state index contributed by atoms with van der Waals surface area (Å²) in [6.07, 6.45) is 3.57. The highest BCUT2D eigenvalue weighted by molar-refractivity contribution is 9.10. The number of hydrogen-bond acceptors (Lipinski definition) is 3. The molecule has 2 N–H and O–H groups in total. The summed E-state index contributed by atoms with van der Waals surface area (Å²) in [5.74, 6) is 0.848. The zero-order chi connectivity index (χ0) is 10.7. The molecule has 1 aromatic carbocycles.